The molecule has 3 aromatic carbocycles. The van der Waals surface area contributed by atoms with Gasteiger partial charge in [0, 0.05) is 18.0 Å². The predicted octanol–water partition coefficient (Wildman–Crippen LogP) is 5.68. The second kappa shape index (κ2) is 11.2. The number of fused-ring (bicyclic) bond motifs is 1. The predicted molar refractivity (Wildman–Crippen MR) is 138 cm³/mol. The number of rotatable bonds is 10. The van der Waals surface area contributed by atoms with Crippen molar-refractivity contribution in [2.45, 2.75) is 39.7 Å². The Morgan fingerprint density at radius 1 is 1.03 bits per heavy atom. The van der Waals surface area contributed by atoms with Gasteiger partial charge in [0.2, 0.25) is 5.91 Å². The van der Waals surface area contributed by atoms with Gasteiger partial charge in [0.05, 0.1) is 24.0 Å². The number of hydrogen-bond acceptors (Lipinski definition) is 3. The molecule has 34 heavy (non-hydrogen) atoms. The van der Waals surface area contributed by atoms with E-state index in [-0.39, 0.29) is 5.91 Å². The highest BCUT2D eigenvalue weighted by Crippen LogP contribution is 2.19. The van der Waals surface area contributed by atoms with Gasteiger partial charge >= 0.3 is 0 Å². The zero-order valence-electron chi connectivity index (χ0n) is 19.7. The van der Waals surface area contributed by atoms with E-state index in [4.69, 9.17) is 21.3 Å². The summed E-state index contributed by atoms with van der Waals surface area (Å²) in [6.07, 6.45) is 1.94. The quantitative estimate of drug-likeness (QED) is 0.300. The van der Waals surface area contributed by atoms with Crippen LogP contribution in [0.15, 0.2) is 66.7 Å². The molecule has 0 fully saturated rings. The number of halogens is 1. The van der Waals surface area contributed by atoms with Gasteiger partial charge in [-0.05, 0) is 73.4 Å². The lowest BCUT2D eigenvalue weighted by Crippen LogP contribution is -2.26. The van der Waals surface area contributed by atoms with Gasteiger partial charge in [0.15, 0.2) is 0 Å². The minimum Gasteiger partial charge on any atom is -0.492 e. The number of aromatic nitrogens is 2. The molecule has 4 aromatic rings. The molecule has 4 rings (SSSR count). The van der Waals surface area contributed by atoms with E-state index >= 15 is 0 Å². The lowest BCUT2D eigenvalue weighted by molar-refractivity contribution is -0.120. The first-order chi connectivity index (χ1) is 16.5. The van der Waals surface area contributed by atoms with E-state index in [1.807, 2.05) is 30.3 Å². The number of aryl methyl sites for hydroxylation is 3. The summed E-state index contributed by atoms with van der Waals surface area (Å²) < 4.78 is 8.28. The standard InChI is InChI=1S/C28H30ClN3O2/c1-20-16-21(2)18-24(17-20)34-15-14-32-26-7-4-3-6-25(26)31-27(32)8-5-13-30-28(33)19-22-9-11-23(29)12-10-22/h3-4,6-7,9-12,16-18H,5,8,13-15,19H2,1-2H3,(H,30,33). The molecule has 1 amide bonds. The Kier molecular flexibility index (Phi) is 7.86. The van der Waals surface area contributed by atoms with Crippen molar-refractivity contribution < 1.29 is 9.53 Å². The van der Waals surface area contributed by atoms with Crippen LogP contribution in [0.25, 0.3) is 11.0 Å². The number of ether oxygens (including phenoxy) is 1. The maximum absolute atomic E-state index is 12.3. The van der Waals surface area contributed by atoms with Gasteiger partial charge < -0.3 is 14.6 Å². The van der Waals surface area contributed by atoms with Gasteiger partial charge in [0.1, 0.15) is 18.2 Å². The monoisotopic (exact) mass is 475 g/mol. The lowest BCUT2D eigenvalue weighted by Gasteiger charge is -2.12. The van der Waals surface area contributed by atoms with Gasteiger partial charge in [-0.1, -0.05) is 41.9 Å². The third-order valence-corrected chi connectivity index (χ3v) is 5.94. The van der Waals surface area contributed by atoms with Gasteiger partial charge in [-0.3, -0.25) is 4.79 Å². The van der Waals surface area contributed by atoms with Crippen LogP contribution < -0.4 is 10.1 Å². The molecular formula is C28H30ClN3O2. The van der Waals surface area contributed by atoms with Gasteiger partial charge in [-0.25, -0.2) is 4.98 Å². The molecule has 5 nitrogen and oxygen atoms in total. The van der Waals surface area contributed by atoms with E-state index in [9.17, 15) is 4.79 Å². The molecular weight excluding hydrogens is 446 g/mol. The maximum Gasteiger partial charge on any atom is 0.224 e. The van der Waals surface area contributed by atoms with Crippen molar-refractivity contribution in [1.29, 1.82) is 0 Å². The lowest BCUT2D eigenvalue weighted by atomic mass is 10.1. The van der Waals surface area contributed by atoms with Crippen molar-refractivity contribution in [2.24, 2.45) is 0 Å². The van der Waals surface area contributed by atoms with Crippen LogP contribution >= 0.6 is 11.6 Å². The average molecular weight is 476 g/mol. The summed E-state index contributed by atoms with van der Waals surface area (Å²) in [6, 6.07) is 21.8. The highest BCUT2D eigenvalue weighted by Gasteiger charge is 2.11. The van der Waals surface area contributed by atoms with Crippen molar-refractivity contribution in [3.05, 3.63) is 94.3 Å². The van der Waals surface area contributed by atoms with E-state index in [2.05, 4.69) is 48.0 Å². The third kappa shape index (κ3) is 6.39. The highest BCUT2D eigenvalue weighted by atomic mass is 35.5. The number of amides is 1. The number of nitrogens with zero attached hydrogens (tertiary/aromatic N) is 2. The van der Waals surface area contributed by atoms with E-state index in [0.717, 1.165) is 41.0 Å². The summed E-state index contributed by atoms with van der Waals surface area (Å²) in [5.74, 6) is 1.92. The minimum atomic E-state index is 0.0117. The molecule has 1 N–H and O–H groups in total. The van der Waals surface area contributed by atoms with Crippen LogP contribution in [0.5, 0.6) is 5.75 Å². The Morgan fingerprint density at radius 2 is 1.76 bits per heavy atom. The Balaban J connectivity index is 1.33. The number of hydrogen-bond donors (Lipinski definition) is 1. The normalized spacial score (nSPS) is 11.0. The molecule has 1 heterocycles. The molecule has 1 aromatic heterocycles. The van der Waals surface area contributed by atoms with Crippen LogP contribution in [-0.2, 0) is 24.2 Å². The molecule has 0 radical (unpaired) electrons. The fourth-order valence-electron chi connectivity index (χ4n) is 4.16. The van der Waals surface area contributed by atoms with Crippen LogP contribution in [0.4, 0.5) is 0 Å². The smallest absolute Gasteiger partial charge is 0.224 e. The summed E-state index contributed by atoms with van der Waals surface area (Å²) in [5.41, 5.74) is 5.43. The number of carbonyl (C=O) groups excluding carboxylic acids is 1. The summed E-state index contributed by atoms with van der Waals surface area (Å²) in [5, 5.41) is 3.68. The van der Waals surface area contributed by atoms with E-state index in [0.29, 0.717) is 31.1 Å². The van der Waals surface area contributed by atoms with Crippen molar-refractivity contribution in [1.82, 2.24) is 14.9 Å². The maximum atomic E-state index is 12.3. The number of nitrogens with one attached hydrogen (secondary N) is 1. The third-order valence-electron chi connectivity index (χ3n) is 5.69. The fraction of sp³-hybridized carbons (Fsp3) is 0.286. The van der Waals surface area contributed by atoms with Crippen LogP contribution in [0, 0.1) is 13.8 Å². The number of para-hydroxylation sites is 2. The topological polar surface area (TPSA) is 56.1 Å². The van der Waals surface area contributed by atoms with Gasteiger partial charge in [0.25, 0.3) is 0 Å². The Labute approximate surface area is 205 Å². The molecule has 0 spiro atoms. The van der Waals surface area contributed by atoms with Gasteiger partial charge in [-0.15, -0.1) is 0 Å². The molecule has 0 aliphatic heterocycles. The zero-order chi connectivity index (χ0) is 23.9. The zero-order valence-corrected chi connectivity index (χ0v) is 20.4. The van der Waals surface area contributed by atoms with Crippen LogP contribution in [0.2, 0.25) is 5.02 Å². The van der Waals surface area contributed by atoms with E-state index in [1.165, 1.54) is 11.1 Å². The SMILES string of the molecule is Cc1cc(C)cc(OCCn2c(CCCNC(=O)Cc3ccc(Cl)cc3)nc3ccccc32)c1. The molecule has 0 unspecified atom stereocenters. The Hall–Kier alpha value is -3.31. The average Bonchev–Trinajstić information content (AvgIpc) is 3.15. The second-order valence-electron chi connectivity index (χ2n) is 8.60. The molecule has 0 bridgehead atoms. The van der Waals surface area contributed by atoms with Crippen molar-refractivity contribution in [2.75, 3.05) is 13.2 Å². The second-order valence-corrected chi connectivity index (χ2v) is 9.03. The first kappa shape index (κ1) is 23.8. The largest absolute Gasteiger partial charge is 0.492 e. The van der Waals surface area contributed by atoms with E-state index < -0.39 is 0 Å². The van der Waals surface area contributed by atoms with E-state index in [1.54, 1.807) is 12.1 Å². The number of benzene rings is 3. The van der Waals surface area contributed by atoms with Crippen molar-refractivity contribution in [3.63, 3.8) is 0 Å². The Morgan fingerprint density at radius 3 is 2.53 bits per heavy atom. The molecule has 6 heteroatoms. The van der Waals surface area contributed by atoms with Crippen molar-refractivity contribution in [3.8, 4) is 5.75 Å². The summed E-state index contributed by atoms with van der Waals surface area (Å²) >= 11 is 5.91. The first-order valence-corrected chi connectivity index (χ1v) is 12.0. The summed E-state index contributed by atoms with van der Waals surface area (Å²) in [7, 11) is 0. The Bertz CT molecular complexity index is 1240. The molecule has 0 aliphatic carbocycles. The number of imidazole rings is 1. The fourth-order valence-corrected chi connectivity index (χ4v) is 4.29. The molecule has 0 aliphatic rings. The van der Waals surface area contributed by atoms with Crippen LogP contribution in [0.3, 0.4) is 0 Å². The first-order valence-electron chi connectivity index (χ1n) is 11.6. The van der Waals surface area contributed by atoms with Crippen LogP contribution in [-0.4, -0.2) is 28.6 Å². The molecule has 0 saturated carbocycles. The molecule has 176 valence electrons. The molecule has 0 atom stereocenters. The van der Waals surface area contributed by atoms with Crippen LogP contribution in [0.1, 0.15) is 28.9 Å². The number of carbonyl (C=O) groups is 1. The summed E-state index contributed by atoms with van der Waals surface area (Å²) in [6.45, 7) is 6.04. The minimum absolute atomic E-state index is 0.0117. The molecule has 0 saturated heterocycles. The highest BCUT2D eigenvalue weighted by molar-refractivity contribution is 6.30. The summed E-state index contributed by atoms with van der Waals surface area (Å²) in [4.78, 5) is 17.1. The van der Waals surface area contributed by atoms with Gasteiger partial charge in [-0.2, -0.15) is 0 Å². The van der Waals surface area contributed by atoms with Crippen molar-refractivity contribution >= 4 is 28.5 Å².